The molecule has 116 valence electrons. The van der Waals surface area contributed by atoms with Gasteiger partial charge < -0.3 is 15.5 Å². The third-order valence-corrected chi connectivity index (χ3v) is 4.52. The summed E-state index contributed by atoms with van der Waals surface area (Å²) in [6, 6.07) is 5.93. The summed E-state index contributed by atoms with van der Waals surface area (Å²) in [5.41, 5.74) is 1.65. The number of nitrogens with one attached hydrogen (secondary N) is 2. The molecule has 0 spiro atoms. The van der Waals surface area contributed by atoms with Crippen LogP contribution < -0.4 is 10.6 Å². The lowest BCUT2D eigenvalue weighted by Crippen LogP contribution is -2.35. The molecule has 2 rings (SSSR count). The topological polar surface area (TPSA) is 44.4 Å². The summed E-state index contributed by atoms with van der Waals surface area (Å²) in [4.78, 5) is 14.4. The summed E-state index contributed by atoms with van der Waals surface area (Å²) >= 11 is 6.05. The third-order valence-electron chi connectivity index (χ3n) is 4.11. The van der Waals surface area contributed by atoms with Crippen molar-refractivity contribution in [1.29, 1.82) is 0 Å². The highest BCUT2D eigenvalue weighted by atomic mass is 35.5. The minimum atomic E-state index is -0.164. The summed E-state index contributed by atoms with van der Waals surface area (Å²) in [6.07, 6.45) is 1.15. The van der Waals surface area contributed by atoms with Crippen LogP contribution in [0.25, 0.3) is 0 Å². The number of benzene rings is 1. The van der Waals surface area contributed by atoms with Crippen LogP contribution in [0.1, 0.15) is 25.8 Å². The average Bonchev–Trinajstić information content (AvgIpc) is 2.91. The third kappa shape index (κ3) is 4.35. The minimum Gasteiger partial charge on any atom is -0.338 e. The molecule has 1 aromatic rings. The molecule has 1 aliphatic rings. The van der Waals surface area contributed by atoms with Gasteiger partial charge in [-0.15, -0.1) is 0 Å². The van der Waals surface area contributed by atoms with Crippen LogP contribution in [0.15, 0.2) is 18.2 Å². The molecule has 1 unspecified atom stereocenters. The van der Waals surface area contributed by atoms with Crippen LogP contribution in [0.3, 0.4) is 0 Å². The fraction of sp³-hybridized carbons (Fsp3) is 0.562. The van der Waals surface area contributed by atoms with Gasteiger partial charge in [0.15, 0.2) is 0 Å². The van der Waals surface area contributed by atoms with E-state index in [0.717, 1.165) is 30.8 Å². The summed E-state index contributed by atoms with van der Waals surface area (Å²) < 4.78 is 0. The first-order valence-electron chi connectivity index (χ1n) is 7.51. The van der Waals surface area contributed by atoms with Crippen molar-refractivity contribution in [1.82, 2.24) is 10.2 Å². The molecule has 1 aromatic carbocycles. The van der Waals surface area contributed by atoms with Gasteiger partial charge in [-0.25, -0.2) is 4.79 Å². The minimum absolute atomic E-state index is 0.164. The number of amides is 2. The first kappa shape index (κ1) is 16.1. The normalized spacial score (nSPS) is 19.0. The maximum absolute atomic E-state index is 12.0. The standard InChI is InChI=1S/C16H24ClN3O/c1-11(2)20-8-7-13(10-20)9-18-16(21)19-15-6-4-5-14(17)12(15)3/h4-6,11,13H,7-10H2,1-3H3,(H2,18,19,21). The smallest absolute Gasteiger partial charge is 0.319 e. The van der Waals surface area contributed by atoms with Crippen molar-refractivity contribution < 1.29 is 4.79 Å². The molecule has 2 amide bonds. The molecule has 0 aliphatic carbocycles. The molecule has 0 saturated carbocycles. The highest BCUT2D eigenvalue weighted by molar-refractivity contribution is 6.31. The van der Waals surface area contributed by atoms with Crippen molar-refractivity contribution >= 4 is 23.3 Å². The Kier molecular flexibility index (Phi) is 5.48. The van der Waals surface area contributed by atoms with Gasteiger partial charge in [0.25, 0.3) is 0 Å². The lowest BCUT2D eigenvalue weighted by atomic mass is 10.1. The number of carbonyl (C=O) groups is 1. The van der Waals surface area contributed by atoms with Gasteiger partial charge in [-0.1, -0.05) is 17.7 Å². The maximum Gasteiger partial charge on any atom is 0.319 e. The highest BCUT2D eigenvalue weighted by Crippen LogP contribution is 2.23. The molecule has 0 aromatic heterocycles. The number of anilines is 1. The molecule has 4 nitrogen and oxygen atoms in total. The number of nitrogens with zero attached hydrogens (tertiary/aromatic N) is 1. The van der Waals surface area contributed by atoms with Crippen molar-refractivity contribution in [2.75, 3.05) is 25.0 Å². The predicted molar refractivity (Wildman–Crippen MR) is 88.0 cm³/mol. The molecule has 1 fully saturated rings. The number of hydrogen-bond acceptors (Lipinski definition) is 2. The van der Waals surface area contributed by atoms with Gasteiger partial charge in [-0.05, 0) is 57.4 Å². The summed E-state index contributed by atoms with van der Waals surface area (Å²) in [5, 5.41) is 6.48. The molecule has 1 aliphatic heterocycles. The summed E-state index contributed by atoms with van der Waals surface area (Å²) in [6.45, 7) is 9.23. The van der Waals surface area contributed by atoms with E-state index < -0.39 is 0 Å². The zero-order valence-corrected chi connectivity index (χ0v) is 13.7. The molecule has 0 radical (unpaired) electrons. The number of likely N-dealkylation sites (tertiary alicyclic amines) is 1. The second-order valence-corrected chi connectivity index (χ2v) is 6.40. The number of halogens is 1. The molecular formula is C16H24ClN3O. The lowest BCUT2D eigenvalue weighted by Gasteiger charge is -2.20. The van der Waals surface area contributed by atoms with Gasteiger partial charge >= 0.3 is 6.03 Å². The molecule has 5 heteroatoms. The Labute approximate surface area is 131 Å². The van der Waals surface area contributed by atoms with Gasteiger partial charge in [0.2, 0.25) is 0 Å². The van der Waals surface area contributed by atoms with Crippen LogP contribution in [0.4, 0.5) is 10.5 Å². The van der Waals surface area contributed by atoms with Crippen LogP contribution in [-0.4, -0.2) is 36.6 Å². The van der Waals surface area contributed by atoms with Gasteiger partial charge in [0.05, 0.1) is 0 Å². The molecule has 1 atom stereocenters. The number of hydrogen-bond donors (Lipinski definition) is 2. The van der Waals surface area contributed by atoms with Crippen molar-refractivity contribution in [2.45, 2.75) is 33.2 Å². The van der Waals surface area contributed by atoms with Crippen LogP contribution >= 0.6 is 11.6 Å². The summed E-state index contributed by atoms with van der Waals surface area (Å²) in [7, 11) is 0. The van der Waals surface area contributed by atoms with E-state index in [1.165, 1.54) is 0 Å². The largest absolute Gasteiger partial charge is 0.338 e. The molecule has 0 bridgehead atoms. The first-order chi connectivity index (χ1) is 9.97. The van der Waals surface area contributed by atoms with Crippen molar-refractivity contribution in [3.8, 4) is 0 Å². The second kappa shape index (κ2) is 7.14. The fourth-order valence-corrected chi connectivity index (χ4v) is 2.82. The summed E-state index contributed by atoms with van der Waals surface area (Å²) in [5.74, 6) is 0.540. The lowest BCUT2D eigenvalue weighted by molar-refractivity contribution is 0.247. The van der Waals surface area contributed by atoms with E-state index in [2.05, 4.69) is 29.4 Å². The van der Waals surface area contributed by atoms with Gasteiger partial charge in [-0.2, -0.15) is 0 Å². The van der Waals surface area contributed by atoms with Crippen molar-refractivity contribution in [2.24, 2.45) is 5.92 Å². The average molecular weight is 310 g/mol. The van der Waals surface area contributed by atoms with Crippen LogP contribution in [0.5, 0.6) is 0 Å². The highest BCUT2D eigenvalue weighted by Gasteiger charge is 2.24. The van der Waals surface area contributed by atoms with Crippen molar-refractivity contribution in [3.63, 3.8) is 0 Å². The Morgan fingerprint density at radius 1 is 1.48 bits per heavy atom. The molecule has 2 N–H and O–H groups in total. The predicted octanol–water partition coefficient (Wildman–Crippen LogP) is 3.50. The first-order valence-corrected chi connectivity index (χ1v) is 7.89. The van der Waals surface area contributed by atoms with Gasteiger partial charge in [0.1, 0.15) is 0 Å². The van der Waals surface area contributed by atoms with E-state index in [1.807, 2.05) is 25.1 Å². The van der Waals surface area contributed by atoms with E-state index >= 15 is 0 Å². The van der Waals surface area contributed by atoms with Crippen LogP contribution in [0, 0.1) is 12.8 Å². The van der Waals surface area contributed by atoms with Crippen LogP contribution in [0.2, 0.25) is 5.02 Å². The Morgan fingerprint density at radius 3 is 2.90 bits per heavy atom. The fourth-order valence-electron chi connectivity index (χ4n) is 2.64. The number of rotatable bonds is 4. The SMILES string of the molecule is Cc1c(Cl)cccc1NC(=O)NCC1CCN(C(C)C)C1. The van der Waals surface area contributed by atoms with E-state index in [-0.39, 0.29) is 6.03 Å². The Morgan fingerprint density at radius 2 is 2.24 bits per heavy atom. The Balaban J connectivity index is 1.79. The molecule has 21 heavy (non-hydrogen) atoms. The van der Waals surface area contributed by atoms with E-state index in [9.17, 15) is 4.79 Å². The van der Waals surface area contributed by atoms with Gasteiger partial charge in [-0.3, -0.25) is 0 Å². The van der Waals surface area contributed by atoms with Gasteiger partial charge in [0, 0.05) is 29.8 Å². The quantitative estimate of drug-likeness (QED) is 0.894. The Bertz CT molecular complexity index is 504. The number of carbonyl (C=O) groups excluding carboxylic acids is 1. The molecule has 1 heterocycles. The maximum atomic E-state index is 12.0. The van der Waals surface area contributed by atoms with E-state index in [0.29, 0.717) is 23.5 Å². The van der Waals surface area contributed by atoms with Crippen molar-refractivity contribution in [3.05, 3.63) is 28.8 Å². The Hall–Kier alpha value is -1.26. The zero-order chi connectivity index (χ0) is 15.4. The monoisotopic (exact) mass is 309 g/mol. The molecule has 1 saturated heterocycles. The second-order valence-electron chi connectivity index (χ2n) is 5.99. The van der Waals surface area contributed by atoms with E-state index in [1.54, 1.807) is 0 Å². The van der Waals surface area contributed by atoms with Crippen LogP contribution in [-0.2, 0) is 0 Å². The molecular weight excluding hydrogens is 286 g/mol. The zero-order valence-electron chi connectivity index (χ0n) is 12.9. The van der Waals surface area contributed by atoms with E-state index in [4.69, 9.17) is 11.6 Å². The number of urea groups is 1.